The smallest absolute Gasteiger partial charge is 0.139 e. The topological polar surface area (TPSA) is 91.0 Å². The molecule has 0 aliphatic heterocycles. The van der Waals surface area contributed by atoms with E-state index in [0.717, 1.165) is 28.5 Å². The number of nitrogen functional groups attached to an aromatic ring is 2. The maximum atomic E-state index is 5.74. The van der Waals surface area contributed by atoms with Crippen LogP contribution in [-0.4, -0.2) is 9.97 Å². The SMILES string of the molecule is CCC(C)c1cc2c(N)nccc2o1.Cc1cc2c(N)nccc2s1. The van der Waals surface area contributed by atoms with Gasteiger partial charge in [0.05, 0.1) is 5.39 Å². The van der Waals surface area contributed by atoms with Crippen molar-refractivity contribution in [3.05, 3.63) is 47.3 Å². The lowest BCUT2D eigenvalue weighted by molar-refractivity contribution is 0.499. The molecule has 25 heavy (non-hydrogen) atoms. The van der Waals surface area contributed by atoms with Gasteiger partial charge in [0, 0.05) is 33.3 Å². The number of hydrogen-bond donors (Lipinski definition) is 2. The Hall–Kier alpha value is -2.60. The number of nitrogens with two attached hydrogens (primary N) is 2. The molecular weight excluding hydrogens is 332 g/mol. The average Bonchev–Trinajstić information content (AvgIpc) is 3.19. The molecule has 0 aliphatic carbocycles. The molecule has 0 fully saturated rings. The number of aromatic nitrogens is 2. The van der Waals surface area contributed by atoms with Gasteiger partial charge in [-0.3, -0.25) is 0 Å². The van der Waals surface area contributed by atoms with Crippen LogP contribution < -0.4 is 11.5 Å². The van der Waals surface area contributed by atoms with Crippen LogP contribution in [0.5, 0.6) is 0 Å². The van der Waals surface area contributed by atoms with Crippen molar-refractivity contribution in [2.45, 2.75) is 33.1 Å². The van der Waals surface area contributed by atoms with Gasteiger partial charge in [0.2, 0.25) is 0 Å². The zero-order valence-electron chi connectivity index (χ0n) is 14.6. The fraction of sp³-hybridized carbons (Fsp3) is 0.263. The van der Waals surface area contributed by atoms with Crippen LogP contribution >= 0.6 is 11.3 Å². The molecule has 0 radical (unpaired) electrons. The van der Waals surface area contributed by atoms with Crippen molar-refractivity contribution in [2.75, 3.05) is 11.5 Å². The Morgan fingerprint density at radius 3 is 2.40 bits per heavy atom. The fourth-order valence-corrected chi connectivity index (χ4v) is 3.48. The number of aryl methyl sites for hydroxylation is 1. The van der Waals surface area contributed by atoms with Gasteiger partial charge in [-0.05, 0) is 37.6 Å². The Morgan fingerprint density at radius 2 is 1.76 bits per heavy atom. The van der Waals surface area contributed by atoms with Crippen LogP contribution in [-0.2, 0) is 0 Å². The van der Waals surface area contributed by atoms with Gasteiger partial charge in [-0.1, -0.05) is 13.8 Å². The highest BCUT2D eigenvalue weighted by molar-refractivity contribution is 7.19. The second kappa shape index (κ2) is 7.11. The monoisotopic (exact) mass is 354 g/mol. The van der Waals surface area contributed by atoms with E-state index in [4.69, 9.17) is 15.9 Å². The van der Waals surface area contributed by atoms with E-state index in [-0.39, 0.29) is 0 Å². The van der Waals surface area contributed by atoms with Crippen molar-refractivity contribution in [3.63, 3.8) is 0 Å². The first-order chi connectivity index (χ1) is 12.0. The summed E-state index contributed by atoms with van der Waals surface area (Å²) >= 11 is 1.75. The molecule has 0 spiro atoms. The highest BCUT2D eigenvalue weighted by Crippen LogP contribution is 2.29. The fourth-order valence-electron chi connectivity index (χ4n) is 2.56. The van der Waals surface area contributed by atoms with Crippen LogP contribution in [0.15, 0.2) is 41.1 Å². The largest absolute Gasteiger partial charge is 0.461 e. The Kier molecular flexibility index (Phi) is 4.90. The van der Waals surface area contributed by atoms with Crippen LogP contribution in [0.2, 0.25) is 0 Å². The second-order valence-electron chi connectivity index (χ2n) is 6.03. The van der Waals surface area contributed by atoms with Crippen molar-refractivity contribution in [3.8, 4) is 0 Å². The molecule has 0 bridgehead atoms. The summed E-state index contributed by atoms with van der Waals surface area (Å²) in [6.07, 6.45) is 4.47. The van der Waals surface area contributed by atoms with Crippen molar-refractivity contribution in [1.29, 1.82) is 0 Å². The van der Waals surface area contributed by atoms with E-state index in [1.165, 1.54) is 9.58 Å². The van der Waals surface area contributed by atoms with Crippen LogP contribution in [0.25, 0.3) is 21.1 Å². The summed E-state index contributed by atoms with van der Waals surface area (Å²) in [4.78, 5) is 9.31. The normalized spacial score (nSPS) is 12.1. The molecule has 5 nitrogen and oxygen atoms in total. The van der Waals surface area contributed by atoms with E-state index in [0.29, 0.717) is 17.6 Å². The highest BCUT2D eigenvalue weighted by Gasteiger charge is 2.11. The quantitative estimate of drug-likeness (QED) is 0.522. The van der Waals surface area contributed by atoms with Gasteiger partial charge in [-0.25, -0.2) is 9.97 Å². The van der Waals surface area contributed by atoms with E-state index >= 15 is 0 Å². The van der Waals surface area contributed by atoms with Crippen LogP contribution in [0, 0.1) is 6.92 Å². The predicted octanol–water partition coefficient (Wildman–Crippen LogP) is 5.11. The molecule has 1 atom stereocenters. The Balaban J connectivity index is 0.000000150. The van der Waals surface area contributed by atoms with Crippen LogP contribution in [0.3, 0.4) is 0 Å². The number of thiophene rings is 1. The van der Waals surface area contributed by atoms with E-state index in [1.807, 2.05) is 18.2 Å². The van der Waals surface area contributed by atoms with Crippen molar-refractivity contribution in [1.82, 2.24) is 9.97 Å². The zero-order valence-corrected chi connectivity index (χ0v) is 15.4. The predicted molar refractivity (Wildman–Crippen MR) is 106 cm³/mol. The third kappa shape index (κ3) is 3.58. The van der Waals surface area contributed by atoms with Crippen LogP contribution in [0.1, 0.15) is 36.8 Å². The minimum absolute atomic E-state index is 0.432. The summed E-state index contributed by atoms with van der Waals surface area (Å²) < 4.78 is 6.90. The van der Waals surface area contributed by atoms with E-state index in [9.17, 15) is 0 Å². The molecule has 130 valence electrons. The maximum absolute atomic E-state index is 5.74. The van der Waals surface area contributed by atoms with Gasteiger partial charge in [0.1, 0.15) is 23.0 Å². The molecular formula is C19H22N4OS. The number of pyridine rings is 2. The molecule has 6 heteroatoms. The number of furan rings is 1. The Morgan fingerprint density at radius 1 is 1.08 bits per heavy atom. The molecule has 1 unspecified atom stereocenters. The second-order valence-corrected chi connectivity index (χ2v) is 7.32. The average molecular weight is 354 g/mol. The molecule has 0 saturated carbocycles. The number of fused-ring (bicyclic) bond motifs is 2. The van der Waals surface area contributed by atoms with Gasteiger partial charge >= 0.3 is 0 Å². The number of hydrogen-bond acceptors (Lipinski definition) is 6. The molecule has 4 aromatic heterocycles. The summed E-state index contributed by atoms with van der Waals surface area (Å²) in [5.41, 5.74) is 12.2. The minimum Gasteiger partial charge on any atom is -0.461 e. The van der Waals surface area contributed by atoms with Gasteiger partial charge < -0.3 is 15.9 Å². The van der Waals surface area contributed by atoms with Gasteiger partial charge in [-0.15, -0.1) is 11.3 Å². The number of anilines is 2. The molecule has 0 aromatic carbocycles. The van der Waals surface area contributed by atoms with Gasteiger partial charge in [0.15, 0.2) is 0 Å². The summed E-state index contributed by atoms with van der Waals surface area (Å²) in [7, 11) is 0. The summed E-state index contributed by atoms with van der Waals surface area (Å²) in [6.45, 7) is 6.35. The molecule has 0 aliphatic rings. The van der Waals surface area contributed by atoms with E-state index < -0.39 is 0 Å². The standard InChI is InChI=1S/C11H14N2O.C8H8N2S/c1-3-7(2)10-6-8-9(14-10)4-5-13-11(8)12;1-5-4-6-7(11-5)2-3-10-8(6)9/h4-7H,3H2,1-2H3,(H2,12,13);2-4H,1H3,(H2,9,10). The lowest BCUT2D eigenvalue weighted by Crippen LogP contribution is -1.88. The molecule has 4 aromatic rings. The third-order valence-corrected chi connectivity index (χ3v) is 5.21. The highest BCUT2D eigenvalue weighted by atomic mass is 32.1. The van der Waals surface area contributed by atoms with E-state index in [1.54, 1.807) is 23.7 Å². The lowest BCUT2D eigenvalue weighted by atomic mass is 10.1. The lowest BCUT2D eigenvalue weighted by Gasteiger charge is -2.01. The van der Waals surface area contributed by atoms with Crippen molar-refractivity contribution < 1.29 is 4.42 Å². The van der Waals surface area contributed by atoms with Crippen LogP contribution in [0.4, 0.5) is 11.6 Å². The molecule has 4 heterocycles. The molecule has 0 amide bonds. The first-order valence-corrected chi connectivity index (χ1v) is 9.05. The molecule has 4 N–H and O–H groups in total. The summed E-state index contributed by atoms with van der Waals surface area (Å²) in [5.74, 6) is 2.59. The first kappa shape index (κ1) is 17.2. The Labute approximate surface area is 150 Å². The van der Waals surface area contributed by atoms with E-state index in [2.05, 4.69) is 36.8 Å². The minimum atomic E-state index is 0.432. The Bertz CT molecular complexity index is 1010. The number of nitrogens with zero attached hydrogens (tertiary/aromatic N) is 2. The maximum Gasteiger partial charge on any atom is 0.139 e. The number of rotatable bonds is 2. The zero-order chi connectivity index (χ0) is 18.0. The first-order valence-electron chi connectivity index (χ1n) is 8.24. The molecule has 0 saturated heterocycles. The van der Waals surface area contributed by atoms with Gasteiger partial charge in [-0.2, -0.15) is 0 Å². The summed E-state index contributed by atoms with van der Waals surface area (Å²) in [6, 6.07) is 7.90. The summed E-state index contributed by atoms with van der Waals surface area (Å²) in [5, 5.41) is 2.00. The molecule has 4 rings (SSSR count). The third-order valence-electron chi connectivity index (χ3n) is 4.19. The van der Waals surface area contributed by atoms with Gasteiger partial charge in [0.25, 0.3) is 0 Å². The van der Waals surface area contributed by atoms with Crippen molar-refractivity contribution in [2.24, 2.45) is 0 Å². The van der Waals surface area contributed by atoms with Crippen molar-refractivity contribution >= 4 is 44.0 Å².